The van der Waals surface area contributed by atoms with Gasteiger partial charge in [0.1, 0.15) is 5.75 Å². The van der Waals surface area contributed by atoms with Crippen LogP contribution < -0.4 is 10.1 Å². The molecule has 3 heteroatoms. The third-order valence-electron chi connectivity index (χ3n) is 4.27. The fourth-order valence-electron chi connectivity index (χ4n) is 2.38. The first-order chi connectivity index (χ1) is 10.5. The SMILES string of the molecule is CCCCC(CC)CNC(=O)C(C)Oc1ccc(C)c(C)c1. The molecular weight excluding hydrogens is 274 g/mol. The van der Waals surface area contributed by atoms with Crippen LogP contribution in [0.15, 0.2) is 18.2 Å². The Morgan fingerprint density at radius 2 is 1.95 bits per heavy atom. The first-order valence-corrected chi connectivity index (χ1v) is 8.49. The molecule has 1 N–H and O–H groups in total. The average molecular weight is 305 g/mol. The summed E-state index contributed by atoms with van der Waals surface area (Å²) in [6.07, 6.45) is 4.25. The van der Waals surface area contributed by atoms with Crippen molar-refractivity contribution in [1.29, 1.82) is 0 Å². The van der Waals surface area contributed by atoms with E-state index in [1.54, 1.807) is 6.92 Å². The van der Waals surface area contributed by atoms with Gasteiger partial charge in [-0.05, 0) is 56.4 Å². The van der Waals surface area contributed by atoms with E-state index in [0.717, 1.165) is 18.7 Å². The van der Waals surface area contributed by atoms with Gasteiger partial charge >= 0.3 is 0 Å². The summed E-state index contributed by atoms with van der Waals surface area (Å²) in [7, 11) is 0. The Kier molecular flexibility index (Phi) is 8.00. The molecule has 1 rings (SSSR count). The van der Waals surface area contributed by atoms with E-state index in [1.165, 1.54) is 30.4 Å². The molecule has 0 radical (unpaired) electrons. The fourth-order valence-corrected chi connectivity index (χ4v) is 2.38. The number of hydrogen-bond donors (Lipinski definition) is 1. The molecule has 1 aromatic carbocycles. The second kappa shape index (κ2) is 9.50. The molecule has 0 spiro atoms. The van der Waals surface area contributed by atoms with E-state index in [-0.39, 0.29) is 5.91 Å². The van der Waals surface area contributed by atoms with Crippen LogP contribution in [-0.4, -0.2) is 18.6 Å². The molecule has 2 unspecified atom stereocenters. The molecule has 2 atom stereocenters. The van der Waals surface area contributed by atoms with Crippen LogP contribution in [0.1, 0.15) is 57.6 Å². The second-order valence-corrected chi connectivity index (χ2v) is 6.17. The van der Waals surface area contributed by atoms with E-state index < -0.39 is 6.10 Å². The van der Waals surface area contributed by atoms with Crippen LogP contribution in [0, 0.1) is 19.8 Å². The molecule has 0 saturated carbocycles. The predicted octanol–water partition coefficient (Wildman–Crippen LogP) is 4.40. The van der Waals surface area contributed by atoms with Gasteiger partial charge in [0.15, 0.2) is 6.10 Å². The Labute approximate surface area is 135 Å². The smallest absolute Gasteiger partial charge is 0.260 e. The summed E-state index contributed by atoms with van der Waals surface area (Å²) in [6.45, 7) is 11.0. The van der Waals surface area contributed by atoms with Gasteiger partial charge in [-0.25, -0.2) is 0 Å². The predicted molar refractivity (Wildman–Crippen MR) is 92.3 cm³/mol. The fraction of sp³-hybridized carbons (Fsp3) is 0.632. The molecule has 0 fully saturated rings. The molecule has 0 aliphatic rings. The summed E-state index contributed by atoms with van der Waals surface area (Å²) < 4.78 is 5.75. The van der Waals surface area contributed by atoms with Crippen molar-refractivity contribution < 1.29 is 9.53 Å². The van der Waals surface area contributed by atoms with Crippen molar-refractivity contribution in [2.45, 2.75) is 66.4 Å². The number of benzene rings is 1. The highest BCUT2D eigenvalue weighted by Crippen LogP contribution is 2.18. The normalized spacial score (nSPS) is 13.5. The average Bonchev–Trinajstić information content (AvgIpc) is 2.50. The minimum absolute atomic E-state index is 0.0341. The lowest BCUT2D eigenvalue weighted by Crippen LogP contribution is -2.38. The van der Waals surface area contributed by atoms with Crippen LogP contribution in [0.3, 0.4) is 0 Å². The first-order valence-electron chi connectivity index (χ1n) is 8.49. The molecule has 1 amide bonds. The van der Waals surface area contributed by atoms with E-state index in [1.807, 2.05) is 25.1 Å². The third-order valence-corrected chi connectivity index (χ3v) is 4.27. The van der Waals surface area contributed by atoms with Crippen molar-refractivity contribution in [3.8, 4) is 5.75 Å². The monoisotopic (exact) mass is 305 g/mol. The Hall–Kier alpha value is -1.51. The second-order valence-electron chi connectivity index (χ2n) is 6.17. The largest absolute Gasteiger partial charge is 0.481 e. The molecular formula is C19H31NO2. The number of rotatable bonds is 9. The summed E-state index contributed by atoms with van der Waals surface area (Å²) in [5, 5.41) is 3.02. The summed E-state index contributed by atoms with van der Waals surface area (Å²) in [5.41, 5.74) is 2.40. The number of ether oxygens (including phenoxy) is 1. The van der Waals surface area contributed by atoms with Crippen molar-refractivity contribution in [1.82, 2.24) is 5.32 Å². The van der Waals surface area contributed by atoms with Crippen LogP contribution in [0.4, 0.5) is 0 Å². The number of carbonyl (C=O) groups excluding carboxylic acids is 1. The maximum absolute atomic E-state index is 12.2. The molecule has 3 nitrogen and oxygen atoms in total. The quantitative estimate of drug-likeness (QED) is 0.734. The van der Waals surface area contributed by atoms with Crippen molar-refractivity contribution >= 4 is 5.91 Å². The Morgan fingerprint density at radius 1 is 1.23 bits per heavy atom. The number of nitrogens with one attached hydrogen (secondary N) is 1. The molecule has 0 saturated heterocycles. The molecule has 0 aromatic heterocycles. The van der Waals surface area contributed by atoms with Gasteiger partial charge in [-0.2, -0.15) is 0 Å². The first kappa shape index (κ1) is 18.5. The molecule has 124 valence electrons. The summed E-state index contributed by atoms with van der Waals surface area (Å²) in [6, 6.07) is 5.92. The van der Waals surface area contributed by atoms with Crippen LogP contribution in [0.25, 0.3) is 0 Å². The van der Waals surface area contributed by atoms with Crippen molar-refractivity contribution in [3.63, 3.8) is 0 Å². The summed E-state index contributed by atoms with van der Waals surface area (Å²) in [5.74, 6) is 1.29. The van der Waals surface area contributed by atoms with Crippen LogP contribution in [0.5, 0.6) is 5.75 Å². The molecule has 1 aromatic rings. The van der Waals surface area contributed by atoms with E-state index in [4.69, 9.17) is 4.74 Å². The van der Waals surface area contributed by atoms with Crippen molar-refractivity contribution in [2.24, 2.45) is 5.92 Å². The van der Waals surface area contributed by atoms with Crippen LogP contribution in [-0.2, 0) is 4.79 Å². The van der Waals surface area contributed by atoms with Crippen molar-refractivity contribution in [2.75, 3.05) is 6.54 Å². The van der Waals surface area contributed by atoms with Gasteiger partial charge in [0.05, 0.1) is 0 Å². The van der Waals surface area contributed by atoms with E-state index >= 15 is 0 Å². The van der Waals surface area contributed by atoms with Gasteiger partial charge in [0, 0.05) is 6.54 Å². The maximum Gasteiger partial charge on any atom is 0.260 e. The van der Waals surface area contributed by atoms with Crippen molar-refractivity contribution in [3.05, 3.63) is 29.3 Å². The summed E-state index contributed by atoms with van der Waals surface area (Å²) in [4.78, 5) is 12.2. The lowest BCUT2D eigenvalue weighted by Gasteiger charge is -2.19. The topological polar surface area (TPSA) is 38.3 Å². The molecule has 0 bridgehead atoms. The summed E-state index contributed by atoms with van der Waals surface area (Å²) >= 11 is 0. The Balaban J connectivity index is 2.45. The lowest BCUT2D eigenvalue weighted by molar-refractivity contribution is -0.127. The molecule has 22 heavy (non-hydrogen) atoms. The number of unbranched alkanes of at least 4 members (excludes halogenated alkanes) is 1. The number of aryl methyl sites for hydroxylation is 2. The molecule has 0 heterocycles. The van der Waals surface area contributed by atoms with E-state index in [9.17, 15) is 4.79 Å². The maximum atomic E-state index is 12.2. The van der Waals surface area contributed by atoms with E-state index in [2.05, 4.69) is 26.1 Å². The third kappa shape index (κ3) is 6.08. The standard InChI is InChI=1S/C19H31NO2/c1-6-8-9-17(7-2)13-20-19(21)16(5)22-18-11-10-14(3)15(4)12-18/h10-12,16-17H,6-9,13H2,1-5H3,(H,20,21). The highest BCUT2D eigenvalue weighted by molar-refractivity contribution is 5.80. The van der Waals surface area contributed by atoms with Gasteiger partial charge in [0.2, 0.25) is 0 Å². The number of amides is 1. The Bertz CT molecular complexity index is 471. The minimum atomic E-state index is -0.467. The molecule has 0 aliphatic heterocycles. The zero-order valence-electron chi connectivity index (χ0n) is 14.7. The minimum Gasteiger partial charge on any atom is -0.481 e. The van der Waals surface area contributed by atoms with Gasteiger partial charge in [-0.1, -0.05) is 39.2 Å². The zero-order valence-corrected chi connectivity index (χ0v) is 14.7. The van der Waals surface area contributed by atoms with Gasteiger partial charge in [-0.3, -0.25) is 4.79 Å². The lowest BCUT2D eigenvalue weighted by atomic mass is 9.99. The van der Waals surface area contributed by atoms with Gasteiger partial charge in [0.25, 0.3) is 5.91 Å². The van der Waals surface area contributed by atoms with E-state index in [0.29, 0.717) is 5.92 Å². The van der Waals surface area contributed by atoms with Crippen LogP contribution in [0.2, 0.25) is 0 Å². The highest BCUT2D eigenvalue weighted by atomic mass is 16.5. The number of carbonyl (C=O) groups is 1. The number of hydrogen-bond acceptors (Lipinski definition) is 2. The Morgan fingerprint density at radius 3 is 2.55 bits per heavy atom. The van der Waals surface area contributed by atoms with Crippen LogP contribution >= 0.6 is 0 Å². The highest BCUT2D eigenvalue weighted by Gasteiger charge is 2.16. The molecule has 0 aliphatic carbocycles. The van der Waals surface area contributed by atoms with Gasteiger partial charge in [-0.15, -0.1) is 0 Å². The zero-order chi connectivity index (χ0) is 16.5. The van der Waals surface area contributed by atoms with Gasteiger partial charge < -0.3 is 10.1 Å².